The maximum Gasteiger partial charge on any atom is 0.254 e. The highest BCUT2D eigenvalue weighted by molar-refractivity contribution is 9.10. The standard InChI is InChI=1S/C19H18BrN7O/c1-11(2)17(18-22-14-5-3-4-6-15(14)23-18)24-19(28)13-9-12(20)7-8-16(13)27-10-21-25-26-27/h3-11,17H,1-2H3,(H,22,23)(H,24,28)/t17-/m0/s1. The molecule has 1 amide bonds. The summed E-state index contributed by atoms with van der Waals surface area (Å²) in [6.07, 6.45) is 1.46. The Morgan fingerprint density at radius 2 is 2.04 bits per heavy atom. The predicted molar refractivity (Wildman–Crippen MR) is 108 cm³/mol. The van der Waals surface area contributed by atoms with Crippen molar-refractivity contribution in [2.24, 2.45) is 5.92 Å². The van der Waals surface area contributed by atoms with Gasteiger partial charge in [-0.3, -0.25) is 4.79 Å². The van der Waals surface area contributed by atoms with Crippen LogP contribution in [0.2, 0.25) is 0 Å². The van der Waals surface area contributed by atoms with Gasteiger partial charge in [-0.05, 0) is 46.7 Å². The number of hydrogen-bond donors (Lipinski definition) is 2. The average Bonchev–Trinajstić information content (AvgIpc) is 3.35. The van der Waals surface area contributed by atoms with Gasteiger partial charge >= 0.3 is 0 Å². The van der Waals surface area contributed by atoms with Gasteiger partial charge in [-0.2, -0.15) is 4.68 Å². The minimum absolute atomic E-state index is 0.133. The van der Waals surface area contributed by atoms with Gasteiger partial charge < -0.3 is 10.3 Å². The molecule has 2 N–H and O–H groups in total. The van der Waals surface area contributed by atoms with Gasteiger partial charge in [-0.15, -0.1) is 5.10 Å². The van der Waals surface area contributed by atoms with E-state index in [0.717, 1.165) is 21.3 Å². The molecule has 2 heterocycles. The molecule has 0 saturated carbocycles. The molecule has 4 aromatic rings. The predicted octanol–water partition coefficient (Wildman–Crippen LogP) is 3.43. The van der Waals surface area contributed by atoms with Crippen LogP contribution in [0, 0.1) is 5.92 Å². The van der Waals surface area contributed by atoms with Gasteiger partial charge in [-0.25, -0.2) is 4.98 Å². The largest absolute Gasteiger partial charge is 0.342 e. The number of halogens is 1. The summed E-state index contributed by atoms with van der Waals surface area (Å²) in [7, 11) is 0. The number of tetrazole rings is 1. The number of carbonyl (C=O) groups excluding carboxylic acids is 1. The molecule has 0 bridgehead atoms. The van der Waals surface area contributed by atoms with Crippen molar-refractivity contribution in [3.8, 4) is 5.69 Å². The Balaban J connectivity index is 1.69. The van der Waals surface area contributed by atoms with Crippen molar-refractivity contribution in [3.63, 3.8) is 0 Å². The SMILES string of the molecule is CC(C)[C@H](NC(=O)c1cc(Br)ccc1-n1cnnn1)c1nc2ccccc2[nH]1. The number of nitrogens with one attached hydrogen (secondary N) is 2. The molecule has 0 saturated heterocycles. The van der Waals surface area contributed by atoms with Gasteiger partial charge in [0.2, 0.25) is 0 Å². The third-order valence-corrected chi connectivity index (χ3v) is 4.95. The van der Waals surface area contributed by atoms with E-state index in [1.165, 1.54) is 11.0 Å². The van der Waals surface area contributed by atoms with Gasteiger partial charge in [0.1, 0.15) is 12.2 Å². The van der Waals surface area contributed by atoms with Crippen LogP contribution in [0.4, 0.5) is 0 Å². The van der Waals surface area contributed by atoms with Crippen LogP contribution in [-0.4, -0.2) is 36.1 Å². The summed E-state index contributed by atoms with van der Waals surface area (Å²) in [5, 5.41) is 14.3. The van der Waals surface area contributed by atoms with Crippen LogP contribution in [0.1, 0.15) is 36.1 Å². The molecule has 0 spiro atoms. The fourth-order valence-corrected chi connectivity index (χ4v) is 3.41. The van der Waals surface area contributed by atoms with Gasteiger partial charge in [0.05, 0.1) is 28.3 Å². The van der Waals surface area contributed by atoms with Crippen molar-refractivity contribution in [1.82, 2.24) is 35.5 Å². The van der Waals surface area contributed by atoms with E-state index in [1.54, 1.807) is 12.1 Å². The van der Waals surface area contributed by atoms with Crippen LogP contribution in [0.3, 0.4) is 0 Å². The molecule has 1 atom stereocenters. The normalized spacial score (nSPS) is 12.4. The van der Waals surface area contributed by atoms with Gasteiger partial charge in [0, 0.05) is 4.47 Å². The lowest BCUT2D eigenvalue weighted by atomic mass is 10.0. The highest BCUT2D eigenvalue weighted by atomic mass is 79.9. The summed E-state index contributed by atoms with van der Waals surface area (Å²) in [6.45, 7) is 4.09. The number of carbonyl (C=O) groups is 1. The third kappa shape index (κ3) is 3.53. The number of fused-ring (bicyclic) bond motifs is 1. The van der Waals surface area contributed by atoms with E-state index in [0.29, 0.717) is 11.3 Å². The van der Waals surface area contributed by atoms with E-state index in [2.05, 4.69) is 46.7 Å². The fraction of sp³-hybridized carbons (Fsp3) is 0.211. The van der Waals surface area contributed by atoms with Gasteiger partial charge in [-0.1, -0.05) is 41.9 Å². The summed E-state index contributed by atoms with van der Waals surface area (Å²) in [5.74, 6) is 0.627. The van der Waals surface area contributed by atoms with Crippen LogP contribution in [0.15, 0.2) is 53.3 Å². The molecule has 0 aliphatic heterocycles. The van der Waals surface area contributed by atoms with Crippen LogP contribution in [0.5, 0.6) is 0 Å². The lowest BCUT2D eigenvalue weighted by Gasteiger charge is -2.21. The Labute approximate surface area is 169 Å². The molecule has 0 aliphatic carbocycles. The number of aromatic nitrogens is 6. The topological polar surface area (TPSA) is 101 Å². The smallest absolute Gasteiger partial charge is 0.254 e. The number of para-hydroxylation sites is 2. The van der Waals surface area contributed by atoms with E-state index >= 15 is 0 Å². The first kappa shape index (κ1) is 18.3. The lowest BCUT2D eigenvalue weighted by Crippen LogP contribution is -2.33. The number of H-pyrrole nitrogens is 1. The zero-order valence-electron chi connectivity index (χ0n) is 15.3. The van der Waals surface area contributed by atoms with Gasteiger partial charge in [0.25, 0.3) is 5.91 Å². The summed E-state index contributed by atoms with van der Waals surface area (Å²) >= 11 is 3.43. The van der Waals surface area contributed by atoms with E-state index in [4.69, 9.17) is 0 Å². The number of imidazole rings is 1. The van der Waals surface area contributed by atoms with E-state index < -0.39 is 0 Å². The van der Waals surface area contributed by atoms with Crippen molar-refractivity contribution in [1.29, 1.82) is 0 Å². The lowest BCUT2D eigenvalue weighted by molar-refractivity contribution is 0.0923. The number of nitrogens with zero attached hydrogens (tertiary/aromatic N) is 5. The Hall–Kier alpha value is -3.07. The first-order chi connectivity index (χ1) is 13.5. The van der Waals surface area contributed by atoms with Crippen molar-refractivity contribution < 1.29 is 4.79 Å². The summed E-state index contributed by atoms with van der Waals surface area (Å²) in [5.41, 5.74) is 2.87. The number of hydrogen-bond acceptors (Lipinski definition) is 5. The third-order valence-electron chi connectivity index (χ3n) is 4.45. The fourth-order valence-electron chi connectivity index (χ4n) is 3.05. The van der Waals surface area contributed by atoms with E-state index in [-0.39, 0.29) is 17.9 Å². The van der Waals surface area contributed by atoms with Crippen LogP contribution >= 0.6 is 15.9 Å². The molecule has 142 valence electrons. The first-order valence-electron chi connectivity index (χ1n) is 8.81. The maximum absolute atomic E-state index is 13.2. The molecule has 0 aliphatic rings. The Bertz CT molecular complexity index is 1090. The second kappa shape index (κ2) is 7.51. The molecule has 0 unspecified atom stereocenters. The Kier molecular flexibility index (Phi) is 4.91. The zero-order chi connectivity index (χ0) is 19.7. The summed E-state index contributed by atoms with van der Waals surface area (Å²) in [6, 6.07) is 12.9. The highest BCUT2D eigenvalue weighted by Crippen LogP contribution is 2.25. The summed E-state index contributed by atoms with van der Waals surface area (Å²) in [4.78, 5) is 21.1. The summed E-state index contributed by atoms with van der Waals surface area (Å²) < 4.78 is 2.26. The molecule has 0 fully saturated rings. The van der Waals surface area contributed by atoms with Crippen LogP contribution < -0.4 is 5.32 Å². The van der Waals surface area contributed by atoms with Gasteiger partial charge in [0.15, 0.2) is 0 Å². The van der Waals surface area contributed by atoms with Crippen molar-refractivity contribution in [2.75, 3.05) is 0 Å². The average molecular weight is 440 g/mol. The molecule has 8 nitrogen and oxygen atoms in total. The van der Waals surface area contributed by atoms with Crippen molar-refractivity contribution >= 4 is 32.9 Å². The molecular weight excluding hydrogens is 422 g/mol. The van der Waals surface area contributed by atoms with Crippen molar-refractivity contribution in [3.05, 3.63) is 64.7 Å². The quantitative estimate of drug-likeness (QED) is 0.495. The van der Waals surface area contributed by atoms with Crippen molar-refractivity contribution in [2.45, 2.75) is 19.9 Å². The Morgan fingerprint density at radius 3 is 2.75 bits per heavy atom. The minimum Gasteiger partial charge on any atom is -0.342 e. The maximum atomic E-state index is 13.2. The van der Waals surface area contributed by atoms with Crippen LogP contribution in [-0.2, 0) is 0 Å². The second-order valence-electron chi connectivity index (χ2n) is 6.75. The second-order valence-corrected chi connectivity index (χ2v) is 7.67. The highest BCUT2D eigenvalue weighted by Gasteiger charge is 2.24. The van der Waals surface area contributed by atoms with E-state index in [9.17, 15) is 4.79 Å². The molecule has 2 aromatic carbocycles. The molecule has 4 rings (SSSR count). The zero-order valence-corrected chi connectivity index (χ0v) is 16.9. The van der Waals surface area contributed by atoms with Crippen LogP contribution in [0.25, 0.3) is 16.7 Å². The molecular formula is C19H18BrN7O. The first-order valence-corrected chi connectivity index (χ1v) is 9.60. The number of benzene rings is 2. The Morgan fingerprint density at radius 1 is 1.21 bits per heavy atom. The molecule has 2 aromatic heterocycles. The molecule has 9 heteroatoms. The van der Waals surface area contributed by atoms with E-state index in [1.807, 2.05) is 44.2 Å². The minimum atomic E-state index is -0.277. The number of aromatic amines is 1. The molecule has 0 radical (unpaired) electrons. The number of rotatable bonds is 5. The molecule has 28 heavy (non-hydrogen) atoms. The number of amides is 1. The monoisotopic (exact) mass is 439 g/mol.